The van der Waals surface area contributed by atoms with Crippen LogP contribution >= 0.6 is 11.3 Å². The van der Waals surface area contributed by atoms with Crippen LogP contribution in [-0.2, 0) is 11.0 Å². The van der Waals surface area contributed by atoms with E-state index in [9.17, 15) is 18.0 Å². The van der Waals surface area contributed by atoms with E-state index in [2.05, 4.69) is 9.97 Å². The van der Waals surface area contributed by atoms with Crippen LogP contribution in [0.4, 0.5) is 13.2 Å². The molecule has 3 aromatic rings. The molecule has 28 heavy (non-hydrogen) atoms. The SMILES string of the molecule is CC(=O)CC(C)C=Cc1ccc(Oc2ccc3nc(C(F)(F)F)sc3c2)nc1. The number of rotatable bonds is 6. The molecule has 3 rings (SSSR count). The largest absolute Gasteiger partial charge is 0.443 e. The molecule has 0 spiro atoms. The average molecular weight is 406 g/mol. The number of fused-ring (bicyclic) bond motifs is 1. The second kappa shape index (κ2) is 8.10. The molecule has 1 atom stereocenters. The standard InChI is InChI=1S/C20H17F3N2O2S/c1-12(9-13(2)26)3-4-14-5-8-18(24-11-14)27-15-6-7-16-17(10-15)28-19(25-16)20(21,22)23/h3-8,10-12H,9H2,1-2H3. The van der Waals surface area contributed by atoms with Gasteiger partial charge in [0.1, 0.15) is 11.5 Å². The van der Waals surface area contributed by atoms with E-state index in [4.69, 9.17) is 4.74 Å². The number of carbonyl (C=O) groups excluding carboxylic acids is 1. The fraction of sp³-hybridized carbons (Fsp3) is 0.250. The maximum Gasteiger partial charge on any atom is 0.443 e. The van der Waals surface area contributed by atoms with Crippen LogP contribution in [0.25, 0.3) is 16.3 Å². The molecule has 2 aromatic heterocycles. The van der Waals surface area contributed by atoms with Crippen LogP contribution in [-0.4, -0.2) is 15.8 Å². The van der Waals surface area contributed by atoms with Gasteiger partial charge in [-0.3, -0.25) is 0 Å². The summed E-state index contributed by atoms with van der Waals surface area (Å²) in [5, 5.41) is -0.882. The van der Waals surface area contributed by atoms with Crippen LogP contribution in [0.15, 0.2) is 42.6 Å². The predicted molar refractivity (Wildman–Crippen MR) is 102 cm³/mol. The molecule has 4 nitrogen and oxygen atoms in total. The zero-order valence-electron chi connectivity index (χ0n) is 15.2. The van der Waals surface area contributed by atoms with Crippen molar-refractivity contribution in [2.45, 2.75) is 26.4 Å². The topological polar surface area (TPSA) is 52.1 Å². The van der Waals surface area contributed by atoms with E-state index in [1.54, 1.807) is 25.3 Å². The smallest absolute Gasteiger partial charge is 0.439 e. The van der Waals surface area contributed by atoms with Gasteiger partial charge in [0, 0.05) is 24.8 Å². The van der Waals surface area contributed by atoms with Crippen LogP contribution < -0.4 is 4.74 Å². The number of hydrogen-bond acceptors (Lipinski definition) is 5. The van der Waals surface area contributed by atoms with Gasteiger partial charge < -0.3 is 9.53 Å². The van der Waals surface area contributed by atoms with Crippen molar-refractivity contribution in [1.29, 1.82) is 0 Å². The van der Waals surface area contributed by atoms with E-state index in [0.717, 1.165) is 5.56 Å². The molecular formula is C20H17F3N2O2S. The molecule has 0 amide bonds. The lowest BCUT2D eigenvalue weighted by molar-refractivity contribution is -0.137. The van der Waals surface area contributed by atoms with Crippen LogP contribution in [0.5, 0.6) is 11.6 Å². The summed E-state index contributed by atoms with van der Waals surface area (Å²) in [6, 6.07) is 8.05. The summed E-state index contributed by atoms with van der Waals surface area (Å²) in [7, 11) is 0. The van der Waals surface area contributed by atoms with Gasteiger partial charge in [0.15, 0.2) is 5.01 Å². The zero-order chi connectivity index (χ0) is 20.3. The summed E-state index contributed by atoms with van der Waals surface area (Å²) in [4.78, 5) is 18.9. The number of aromatic nitrogens is 2. The first-order valence-corrected chi connectivity index (χ1v) is 9.31. The molecule has 1 aromatic carbocycles. The third-order valence-corrected chi connectivity index (χ3v) is 4.87. The van der Waals surface area contributed by atoms with E-state index in [-0.39, 0.29) is 17.2 Å². The summed E-state index contributed by atoms with van der Waals surface area (Å²) in [6.45, 7) is 3.52. The average Bonchev–Trinajstić information content (AvgIpc) is 3.04. The van der Waals surface area contributed by atoms with Gasteiger partial charge in [0.2, 0.25) is 5.88 Å². The highest BCUT2D eigenvalue weighted by Gasteiger charge is 2.34. The highest BCUT2D eigenvalue weighted by molar-refractivity contribution is 7.18. The van der Waals surface area contributed by atoms with E-state index >= 15 is 0 Å². The molecule has 0 bridgehead atoms. The third kappa shape index (κ3) is 5.16. The number of nitrogens with zero attached hydrogens (tertiary/aromatic N) is 2. The Hall–Kier alpha value is -2.74. The molecular weight excluding hydrogens is 389 g/mol. The number of benzene rings is 1. The fourth-order valence-electron chi connectivity index (χ4n) is 2.56. The number of halogens is 3. The Morgan fingerprint density at radius 3 is 2.71 bits per heavy atom. The van der Waals surface area contributed by atoms with Gasteiger partial charge >= 0.3 is 6.18 Å². The van der Waals surface area contributed by atoms with Gasteiger partial charge in [-0.05, 0) is 36.6 Å². The summed E-state index contributed by atoms with van der Waals surface area (Å²) >= 11 is 0.575. The molecule has 0 aliphatic rings. The lowest BCUT2D eigenvalue weighted by atomic mass is 10.0. The minimum atomic E-state index is -4.46. The minimum Gasteiger partial charge on any atom is -0.439 e. The number of ether oxygens (including phenoxy) is 1. The monoisotopic (exact) mass is 406 g/mol. The molecule has 2 heterocycles. The van der Waals surface area contributed by atoms with Crippen molar-refractivity contribution in [1.82, 2.24) is 9.97 Å². The Morgan fingerprint density at radius 2 is 2.07 bits per heavy atom. The summed E-state index contributed by atoms with van der Waals surface area (Å²) in [5.74, 6) is 0.991. The van der Waals surface area contributed by atoms with Crippen molar-refractivity contribution >= 4 is 33.4 Å². The zero-order valence-corrected chi connectivity index (χ0v) is 16.0. The molecule has 0 aliphatic heterocycles. The molecule has 146 valence electrons. The number of ketones is 1. The first-order valence-electron chi connectivity index (χ1n) is 8.50. The van der Waals surface area contributed by atoms with Crippen molar-refractivity contribution in [3.63, 3.8) is 0 Å². The van der Waals surface area contributed by atoms with Gasteiger partial charge in [-0.2, -0.15) is 13.2 Å². The van der Waals surface area contributed by atoms with Crippen molar-refractivity contribution in [3.8, 4) is 11.6 Å². The molecule has 0 saturated carbocycles. The Balaban J connectivity index is 1.70. The number of hydrogen-bond donors (Lipinski definition) is 0. The molecule has 0 aliphatic carbocycles. The number of alkyl halides is 3. The molecule has 8 heteroatoms. The lowest BCUT2D eigenvalue weighted by Crippen LogP contribution is -2.03. The highest BCUT2D eigenvalue weighted by Crippen LogP contribution is 2.37. The van der Waals surface area contributed by atoms with Crippen molar-refractivity contribution < 1.29 is 22.7 Å². The number of Topliss-reactive ketones (excluding diaryl/α,β-unsaturated/α-hetero) is 1. The second-order valence-electron chi connectivity index (χ2n) is 6.42. The molecule has 0 saturated heterocycles. The minimum absolute atomic E-state index is 0.138. The van der Waals surface area contributed by atoms with E-state index in [1.165, 1.54) is 12.1 Å². The lowest BCUT2D eigenvalue weighted by Gasteiger charge is -2.05. The first kappa shape index (κ1) is 20.0. The van der Waals surface area contributed by atoms with Crippen LogP contribution in [0.3, 0.4) is 0 Å². The normalized spacial score (nSPS) is 13.2. The van der Waals surface area contributed by atoms with Crippen LogP contribution in [0.2, 0.25) is 0 Å². The third-order valence-electron chi connectivity index (χ3n) is 3.81. The van der Waals surface area contributed by atoms with Crippen LogP contribution in [0, 0.1) is 5.92 Å². The van der Waals surface area contributed by atoms with Gasteiger partial charge in [-0.15, -0.1) is 11.3 Å². The predicted octanol–water partition coefficient (Wildman–Crippen LogP) is 6.13. The molecule has 0 N–H and O–H groups in total. The number of pyridine rings is 1. The summed E-state index contributed by atoms with van der Waals surface area (Å²) in [5.41, 5.74) is 1.13. The van der Waals surface area contributed by atoms with E-state index in [0.29, 0.717) is 34.1 Å². The fourth-order valence-corrected chi connectivity index (χ4v) is 3.42. The summed E-state index contributed by atoms with van der Waals surface area (Å²) < 4.78 is 44.3. The highest BCUT2D eigenvalue weighted by atomic mass is 32.1. The van der Waals surface area contributed by atoms with Crippen LogP contribution in [0.1, 0.15) is 30.8 Å². The Bertz CT molecular complexity index is 1010. The van der Waals surface area contributed by atoms with Gasteiger partial charge in [-0.25, -0.2) is 9.97 Å². The van der Waals surface area contributed by atoms with Gasteiger partial charge in [-0.1, -0.05) is 19.1 Å². The van der Waals surface area contributed by atoms with E-state index in [1.807, 2.05) is 25.1 Å². The maximum atomic E-state index is 12.8. The quantitative estimate of drug-likeness (QED) is 0.494. The molecule has 0 fully saturated rings. The summed E-state index contributed by atoms with van der Waals surface area (Å²) in [6.07, 6.45) is 1.47. The molecule has 0 radical (unpaired) electrons. The van der Waals surface area contributed by atoms with Crippen molar-refractivity contribution in [2.24, 2.45) is 5.92 Å². The van der Waals surface area contributed by atoms with Crippen molar-refractivity contribution in [3.05, 3.63) is 53.2 Å². The number of allylic oxidation sites excluding steroid dienone is 1. The Morgan fingerprint density at radius 1 is 1.29 bits per heavy atom. The number of thiazole rings is 1. The number of carbonyl (C=O) groups is 1. The first-order chi connectivity index (χ1) is 13.2. The maximum absolute atomic E-state index is 12.8. The van der Waals surface area contributed by atoms with E-state index < -0.39 is 11.2 Å². The molecule has 1 unspecified atom stereocenters. The Labute approximate surface area is 163 Å². The second-order valence-corrected chi connectivity index (χ2v) is 7.45. The van der Waals surface area contributed by atoms with Gasteiger partial charge in [0.25, 0.3) is 0 Å². The van der Waals surface area contributed by atoms with Crippen molar-refractivity contribution in [2.75, 3.05) is 0 Å². The van der Waals surface area contributed by atoms with Gasteiger partial charge in [0.05, 0.1) is 10.2 Å². The Kier molecular flexibility index (Phi) is 5.79.